The predicted molar refractivity (Wildman–Crippen MR) is 150 cm³/mol. The van der Waals surface area contributed by atoms with E-state index in [0.29, 0.717) is 37.3 Å². The molecular formula is C32H38O8. The molecule has 4 atom stereocenters. The van der Waals surface area contributed by atoms with Crippen LogP contribution in [0, 0.1) is 11.3 Å². The summed E-state index contributed by atoms with van der Waals surface area (Å²) in [5, 5.41) is 10.6. The minimum Gasteiger partial charge on any atom is -0.508 e. The maximum Gasteiger partial charge on any atom is 0.293 e. The van der Waals surface area contributed by atoms with Crippen LogP contribution in [0.5, 0.6) is 23.0 Å². The zero-order chi connectivity index (χ0) is 28.9. The summed E-state index contributed by atoms with van der Waals surface area (Å²) in [6.07, 6.45) is 5.35. The van der Waals surface area contributed by atoms with E-state index >= 15 is 0 Å². The Morgan fingerprint density at radius 3 is 2.33 bits per heavy atom. The molecule has 5 rings (SSSR count). The van der Waals surface area contributed by atoms with Gasteiger partial charge in [0.05, 0.1) is 7.11 Å². The van der Waals surface area contributed by atoms with Crippen LogP contribution < -0.4 is 14.2 Å². The lowest BCUT2D eigenvalue weighted by atomic mass is 9.56. The van der Waals surface area contributed by atoms with Gasteiger partial charge in [0.25, 0.3) is 12.9 Å². The summed E-state index contributed by atoms with van der Waals surface area (Å²) in [6.45, 7) is 11.0. The fourth-order valence-electron chi connectivity index (χ4n) is 6.93. The van der Waals surface area contributed by atoms with Crippen molar-refractivity contribution >= 4 is 25.1 Å². The van der Waals surface area contributed by atoms with Crippen molar-refractivity contribution in [2.45, 2.75) is 83.7 Å². The molecule has 3 aliphatic rings. The lowest BCUT2D eigenvalue weighted by molar-refractivity contribution is -0.208. The van der Waals surface area contributed by atoms with E-state index in [1.165, 1.54) is 0 Å². The molecule has 40 heavy (non-hydrogen) atoms. The van der Waals surface area contributed by atoms with E-state index in [-0.39, 0.29) is 17.3 Å². The number of carbonyl (C=O) groups excluding carboxylic acids is 2. The second-order valence-corrected chi connectivity index (χ2v) is 12.5. The highest BCUT2D eigenvalue weighted by atomic mass is 16.6. The molecule has 1 saturated carbocycles. The molecule has 214 valence electrons. The molecule has 0 bridgehead atoms. The molecule has 1 fully saturated rings. The summed E-state index contributed by atoms with van der Waals surface area (Å²) in [5.41, 5.74) is 2.08. The third-order valence-electron chi connectivity index (χ3n) is 8.92. The number of carbonyl (C=O) groups is 2. The Balaban J connectivity index is 1.48. The van der Waals surface area contributed by atoms with Gasteiger partial charge in [-0.2, -0.15) is 0 Å². The number of aromatic hydroxyl groups is 1. The van der Waals surface area contributed by atoms with Gasteiger partial charge in [-0.3, -0.25) is 9.59 Å². The van der Waals surface area contributed by atoms with Crippen LogP contribution in [0.3, 0.4) is 0 Å². The van der Waals surface area contributed by atoms with Gasteiger partial charge in [-0.1, -0.05) is 26.0 Å². The number of hydrogen-bond donors (Lipinski definition) is 1. The van der Waals surface area contributed by atoms with Crippen molar-refractivity contribution in [2.24, 2.45) is 11.3 Å². The molecule has 2 aromatic rings. The van der Waals surface area contributed by atoms with E-state index in [1.54, 1.807) is 13.2 Å². The van der Waals surface area contributed by atoms with Gasteiger partial charge >= 0.3 is 0 Å². The fourth-order valence-corrected chi connectivity index (χ4v) is 6.93. The second-order valence-electron chi connectivity index (χ2n) is 12.5. The molecule has 2 aliphatic heterocycles. The molecule has 0 spiro atoms. The number of fused-ring (bicyclic) bond motifs is 3. The Labute approximate surface area is 235 Å². The smallest absolute Gasteiger partial charge is 0.293 e. The predicted octanol–water partition coefficient (Wildman–Crippen LogP) is 5.50. The van der Waals surface area contributed by atoms with Crippen molar-refractivity contribution in [3.05, 3.63) is 46.5 Å². The minimum absolute atomic E-state index is 0.0361. The van der Waals surface area contributed by atoms with Gasteiger partial charge in [0, 0.05) is 23.3 Å². The van der Waals surface area contributed by atoms with Crippen LogP contribution in [-0.4, -0.2) is 48.6 Å². The van der Waals surface area contributed by atoms with Crippen LogP contribution in [-0.2, 0) is 31.9 Å². The first-order valence-corrected chi connectivity index (χ1v) is 13.7. The van der Waals surface area contributed by atoms with E-state index in [2.05, 4.69) is 19.9 Å². The highest BCUT2D eigenvalue weighted by Crippen LogP contribution is 2.56. The normalized spacial score (nSPS) is 27.7. The molecule has 0 unspecified atom stereocenters. The molecule has 8 heteroatoms. The Hall–Kier alpha value is -3.68. The van der Waals surface area contributed by atoms with Crippen molar-refractivity contribution < 1.29 is 38.4 Å². The van der Waals surface area contributed by atoms with Crippen molar-refractivity contribution in [1.82, 2.24) is 0 Å². The van der Waals surface area contributed by atoms with E-state index in [1.807, 2.05) is 45.1 Å². The highest BCUT2D eigenvalue weighted by Gasteiger charge is 2.60. The summed E-state index contributed by atoms with van der Waals surface area (Å²) < 4.78 is 29.4. The van der Waals surface area contributed by atoms with Crippen molar-refractivity contribution in [3.63, 3.8) is 0 Å². The number of rotatable bonds is 7. The van der Waals surface area contributed by atoms with Gasteiger partial charge in [-0.05, 0) is 81.0 Å². The van der Waals surface area contributed by atoms with Crippen LogP contribution >= 0.6 is 0 Å². The number of hydrogen-bond acceptors (Lipinski definition) is 8. The number of phenolic OH excluding ortho intramolecular Hbond substituents is 1. The summed E-state index contributed by atoms with van der Waals surface area (Å²) in [4.78, 5) is 22.6. The van der Waals surface area contributed by atoms with E-state index < -0.39 is 23.2 Å². The molecule has 0 saturated heterocycles. The number of benzene rings is 2. The number of ether oxygens (including phenoxy) is 5. The maximum atomic E-state index is 11.4. The lowest BCUT2D eigenvalue weighted by Crippen LogP contribution is -2.64. The lowest BCUT2D eigenvalue weighted by Gasteiger charge is -2.57. The highest BCUT2D eigenvalue weighted by molar-refractivity contribution is 5.74. The average Bonchev–Trinajstić information content (AvgIpc) is 2.88. The Morgan fingerprint density at radius 1 is 0.950 bits per heavy atom. The first-order valence-electron chi connectivity index (χ1n) is 13.7. The Morgan fingerprint density at radius 2 is 1.65 bits per heavy atom. The molecule has 2 heterocycles. The maximum absolute atomic E-state index is 11.4. The van der Waals surface area contributed by atoms with Gasteiger partial charge in [0.2, 0.25) is 0 Å². The van der Waals surface area contributed by atoms with Crippen LogP contribution in [0.4, 0.5) is 0 Å². The van der Waals surface area contributed by atoms with Gasteiger partial charge in [-0.15, -0.1) is 0 Å². The molecule has 2 aromatic carbocycles. The first kappa shape index (κ1) is 27.9. The molecule has 0 aromatic heterocycles. The van der Waals surface area contributed by atoms with Gasteiger partial charge < -0.3 is 28.8 Å². The number of phenols is 1. The van der Waals surface area contributed by atoms with Crippen LogP contribution in [0.25, 0.3) is 12.2 Å². The zero-order valence-electron chi connectivity index (χ0n) is 24.0. The molecule has 8 nitrogen and oxygen atoms in total. The minimum atomic E-state index is -0.675. The van der Waals surface area contributed by atoms with Crippen LogP contribution in [0.1, 0.15) is 69.7 Å². The van der Waals surface area contributed by atoms with E-state index in [0.717, 1.165) is 40.8 Å². The third kappa shape index (κ3) is 4.88. The SMILES string of the molecule is COc1cc(/C=C/c2cc(O)c3c(c2)OC(C)(C)CC3)cc2c1O[C@]1(C)C[C@@H](OC=O)[C@@H](OC=O)C(C)(C)[C@H]1C2. The van der Waals surface area contributed by atoms with Crippen LogP contribution in [0.15, 0.2) is 24.3 Å². The second kappa shape index (κ2) is 10.1. The monoisotopic (exact) mass is 550 g/mol. The average molecular weight is 551 g/mol. The van der Waals surface area contributed by atoms with E-state index in [4.69, 9.17) is 23.7 Å². The topological polar surface area (TPSA) is 101 Å². The standard InChI is InChI=1S/C32H38O8/c1-30(2)10-9-22-23(35)12-20(13-24(22)39-30)8-7-19-11-21-15-27-31(3,4)29(38-18-34)26(37-17-33)16-32(27,5)40-28(21)25(14-19)36-6/h7-8,11-14,17-18,26-27,29,35H,9-10,15-16H2,1-6H3/b8-7+/t26-,27-,29-,32-/m1/s1. The molecule has 1 N–H and O–H groups in total. The van der Waals surface area contributed by atoms with Crippen molar-refractivity contribution in [1.29, 1.82) is 0 Å². The zero-order valence-corrected chi connectivity index (χ0v) is 24.0. The summed E-state index contributed by atoms with van der Waals surface area (Å²) >= 11 is 0. The van der Waals surface area contributed by atoms with Crippen molar-refractivity contribution in [3.8, 4) is 23.0 Å². The summed E-state index contributed by atoms with van der Waals surface area (Å²) in [7, 11) is 1.61. The first-order chi connectivity index (χ1) is 18.9. The van der Waals surface area contributed by atoms with Crippen molar-refractivity contribution in [2.75, 3.05) is 7.11 Å². The number of methoxy groups -OCH3 is 1. The summed E-state index contributed by atoms with van der Waals surface area (Å²) in [6, 6.07) is 7.72. The fraction of sp³-hybridized carbons (Fsp3) is 0.500. The largest absolute Gasteiger partial charge is 0.508 e. The molecular weight excluding hydrogens is 512 g/mol. The molecule has 0 radical (unpaired) electrons. The van der Waals surface area contributed by atoms with Gasteiger partial charge in [-0.25, -0.2) is 0 Å². The third-order valence-corrected chi connectivity index (χ3v) is 8.92. The molecule has 0 amide bonds. The quantitative estimate of drug-likeness (QED) is 0.357. The van der Waals surface area contributed by atoms with Gasteiger partial charge in [0.15, 0.2) is 11.5 Å². The van der Waals surface area contributed by atoms with Gasteiger partial charge in [0.1, 0.15) is 34.9 Å². The summed E-state index contributed by atoms with van der Waals surface area (Å²) in [5.74, 6) is 2.19. The Bertz CT molecular complexity index is 1340. The van der Waals surface area contributed by atoms with E-state index in [9.17, 15) is 14.7 Å². The Kier molecular flexibility index (Phi) is 7.01. The van der Waals surface area contributed by atoms with Crippen LogP contribution in [0.2, 0.25) is 0 Å². The molecule has 1 aliphatic carbocycles.